The maximum absolute atomic E-state index is 10.8. The standard InChI is InChI=1S/C10H8ClN3O2S/c1-17-10(13-5-12)14-8-4-6(9(15)16)2-3-7(8)11/h2-4H,1H3,(H,13,14)(H,15,16). The van der Waals surface area contributed by atoms with Gasteiger partial charge in [-0.3, -0.25) is 5.32 Å². The Kier molecular flexibility index (Phi) is 4.82. The molecule has 0 aromatic heterocycles. The minimum absolute atomic E-state index is 0.0885. The second-order valence-electron chi connectivity index (χ2n) is 2.83. The fraction of sp³-hybridized carbons (Fsp3) is 0.100. The van der Waals surface area contributed by atoms with Crippen LogP contribution in [-0.4, -0.2) is 22.5 Å². The second kappa shape index (κ2) is 6.13. The highest BCUT2D eigenvalue weighted by molar-refractivity contribution is 8.13. The summed E-state index contributed by atoms with van der Waals surface area (Å²) in [6, 6.07) is 4.19. The third-order valence-corrected chi connectivity index (χ3v) is 2.67. The Morgan fingerprint density at radius 3 is 2.88 bits per heavy atom. The van der Waals surface area contributed by atoms with Crippen LogP contribution < -0.4 is 5.32 Å². The van der Waals surface area contributed by atoms with Gasteiger partial charge in [-0.25, -0.2) is 9.79 Å². The lowest BCUT2D eigenvalue weighted by Gasteiger charge is -2.03. The van der Waals surface area contributed by atoms with Crippen molar-refractivity contribution in [2.75, 3.05) is 6.26 Å². The molecular formula is C10H8ClN3O2S. The van der Waals surface area contributed by atoms with Crippen molar-refractivity contribution in [3.63, 3.8) is 0 Å². The summed E-state index contributed by atoms with van der Waals surface area (Å²) >= 11 is 7.10. The molecule has 0 spiro atoms. The number of carboxylic acids is 1. The predicted octanol–water partition coefficient (Wildman–Crippen LogP) is 2.46. The number of nitriles is 1. The van der Waals surface area contributed by atoms with E-state index < -0.39 is 5.97 Å². The fourth-order valence-electron chi connectivity index (χ4n) is 1.01. The summed E-state index contributed by atoms with van der Waals surface area (Å²) in [5, 5.41) is 20.3. The van der Waals surface area contributed by atoms with Gasteiger partial charge in [0, 0.05) is 0 Å². The van der Waals surface area contributed by atoms with Crippen molar-refractivity contribution in [3.8, 4) is 6.19 Å². The molecule has 0 unspecified atom stereocenters. The molecule has 0 heterocycles. The van der Waals surface area contributed by atoms with Crippen LogP contribution in [0.15, 0.2) is 23.2 Å². The Morgan fingerprint density at radius 1 is 1.65 bits per heavy atom. The zero-order valence-electron chi connectivity index (χ0n) is 8.77. The van der Waals surface area contributed by atoms with Crippen molar-refractivity contribution in [3.05, 3.63) is 28.8 Å². The third-order valence-electron chi connectivity index (χ3n) is 1.77. The van der Waals surface area contributed by atoms with E-state index in [4.69, 9.17) is 22.0 Å². The smallest absolute Gasteiger partial charge is 0.335 e. The summed E-state index contributed by atoms with van der Waals surface area (Å²) in [7, 11) is 0. The van der Waals surface area contributed by atoms with Crippen molar-refractivity contribution in [2.45, 2.75) is 0 Å². The van der Waals surface area contributed by atoms with Crippen LogP contribution in [0.3, 0.4) is 0 Å². The number of carboxylic acid groups (broad SMARTS) is 1. The van der Waals surface area contributed by atoms with Crippen molar-refractivity contribution in [1.82, 2.24) is 5.32 Å². The highest BCUT2D eigenvalue weighted by atomic mass is 35.5. The average Bonchev–Trinajstić information content (AvgIpc) is 2.30. The first-order valence-corrected chi connectivity index (χ1v) is 5.99. The van der Waals surface area contributed by atoms with E-state index in [-0.39, 0.29) is 5.56 Å². The van der Waals surface area contributed by atoms with Gasteiger partial charge < -0.3 is 5.11 Å². The Morgan fingerprint density at radius 2 is 2.35 bits per heavy atom. The topological polar surface area (TPSA) is 85.5 Å². The zero-order valence-corrected chi connectivity index (χ0v) is 10.3. The maximum Gasteiger partial charge on any atom is 0.335 e. The first kappa shape index (κ1) is 13.4. The lowest BCUT2D eigenvalue weighted by molar-refractivity contribution is 0.0697. The molecule has 0 aliphatic rings. The molecule has 0 radical (unpaired) electrons. The van der Waals surface area contributed by atoms with Gasteiger partial charge in [0.15, 0.2) is 11.4 Å². The largest absolute Gasteiger partial charge is 0.478 e. The van der Waals surface area contributed by atoms with Crippen molar-refractivity contribution < 1.29 is 9.90 Å². The first-order valence-electron chi connectivity index (χ1n) is 4.39. The van der Waals surface area contributed by atoms with Crippen molar-refractivity contribution >= 4 is 40.2 Å². The number of amidine groups is 1. The van der Waals surface area contributed by atoms with Gasteiger partial charge in [0.05, 0.1) is 16.3 Å². The number of thioether (sulfide) groups is 1. The van der Waals surface area contributed by atoms with Gasteiger partial charge in [0.2, 0.25) is 0 Å². The van der Waals surface area contributed by atoms with E-state index in [1.165, 1.54) is 30.0 Å². The van der Waals surface area contributed by atoms with Crippen LogP contribution in [0.1, 0.15) is 10.4 Å². The Labute approximate surface area is 107 Å². The molecule has 0 aliphatic heterocycles. The number of hydrogen-bond donors (Lipinski definition) is 2. The van der Waals surface area contributed by atoms with E-state index in [1.807, 2.05) is 0 Å². The monoisotopic (exact) mass is 269 g/mol. The van der Waals surface area contributed by atoms with Crippen LogP contribution in [0.4, 0.5) is 5.69 Å². The molecule has 7 heteroatoms. The summed E-state index contributed by atoms with van der Waals surface area (Å²) < 4.78 is 0. The Balaban J connectivity index is 3.17. The van der Waals surface area contributed by atoms with Crippen LogP contribution >= 0.6 is 23.4 Å². The van der Waals surface area contributed by atoms with Crippen LogP contribution in [0.5, 0.6) is 0 Å². The highest BCUT2D eigenvalue weighted by Crippen LogP contribution is 2.26. The fourth-order valence-corrected chi connectivity index (χ4v) is 1.51. The van der Waals surface area contributed by atoms with Gasteiger partial charge >= 0.3 is 5.97 Å². The first-order chi connectivity index (χ1) is 8.08. The molecule has 0 saturated heterocycles. The van der Waals surface area contributed by atoms with E-state index >= 15 is 0 Å². The molecule has 2 N–H and O–H groups in total. The lowest BCUT2D eigenvalue weighted by Crippen LogP contribution is -2.12. The molecule has 5 nitrogen and oxygen atoms in total. The number of carbonyl (C=O) groups is 1. The quantitative estimate of drug-likeness (QED) is 0.373. The molecule has 1 aromatic carbocycles. The summed E-state index contributed by atoms with van der Waals surface area (Å²) in [4.78, 5) is 14.8. The molecule has 0 saturated carbocycles. The van der Waals surface area contributed by atoms with E-state index in [2.05, 4.69) is 10.3 Å². The molecule has 1 aromatic rings. The van der Waals surface area contributed by atoms with E-state index in [1.54, 1.807) is 12.4 Å². The summed E-state index contributed by atoms with van der Waals surface area (Å²) in [5.41, 5.74) is 0.393. The molecule has 17 heavy (non-hydrogen) atoms. The van der Waals surface area contributed by atoms with Gasteiger partial charge in [0.25, 0.3) is 0 Å². The summed E-state index contributed by atoms with van der Waals surface area (Å²) in [6.07, 6.45) is 3.47. The zero-order chi connectivity index (χ0) is 12.8. The molecule has 0 fully saturated rings. The minimum Gasteiger partial charge on any atom is -0.478 e. The third kappa shape index (κ3) is 3.66. The molecule has 1 rings (SSSR count). The van der Waals surface area contributed by atoms with Gasteiger partial charge in [-0.05, 0) is 24.5 Å². The highest BCUT2D eigenvalue weighted by Gasteiger charge is 2.07. The van der Waals surface area contributed by atoms with E-state index in [0.29, 0.717) is 15.9 Å². The molecule has 0 atom stereocenters. The Bertz CT molecular complexity index is 511. The van der Waals surface area contributed by atoms with E-state index in [9.17, 15) is 4.79 Å². The average molecular weight is 270 g/mol. The van der Waals surface area contributed by atoms with Crippen LogP contribution in [0.25, 0.3) is 0 Å². The maximum atomic E-state index is 10.8. The lowest BCUT2D eigenvalue weighted by atomic mass is 10.2. The van der Waals surface area contributed by atoms with Gasteiger partial charge in [-0.1, -0.05) is 23.4 Å². The van der Waals surface area contributed by atoms with Gasteiger partial charge in [-0.2, -0.15) is 5.26 Å². The van der Waals surface area contributed by atoms with Gasteiger partial charge in [0.1, 0.15) is 0 Å². The summed E-state index contributed by atoms with van der Waals surface area (Å²) in [6.45, 7) is 0. The van der Waals surface area contributed by atoms with Crippen molar-refractivity contribution in [1.29, 1.82) is 5.26 Å². The van der Waals surface area contributed by atoms with Crippen LogP contribution in [0, 0.1) is 11.5 Å². The number of hydrogen-bond acceptors (Lipinski definition) is 4. The minimum atomic E-state index is -1.06. The summed E-state index contributed by atoms with van der Waals surface area (Å²) in [5.74, 6) is -1.06. The number of rotatable bonds is 2. The van der Waals surface area contributed by atoms with Crippen LogP contribution in [-0.2, 0) is 0 Å². The second-order valence-corrected chi connectivity index (χ2v) is 4.03. The molecular weight excluding hydrogens is 262 g/mol. The molecule has 0 bridgehead atoms. The normalized spacial score (nSPS) is 10.8. The number of aromatic carboxylic acids is 1. The van der Waals surface area contributed by atoms with Crippen molar-refractivity contribution in [2.24, 2.45) is 4.99 Å². The Hall–Kier alpha value is -1.71. The number of nitrogens with one attached hydrogen (secondary N) is 1. The number of aliphatic imine (C=N–C) groups is 1. The van der Waals surface area contributed by atoms with Crippen LogP contribution in [0.2, 0.25) is 5.02 Å². The SMILES string of the molecule is CSC(=Nc1cc(C(=O)O)ccc1Cl)NC#N. The molecule has 0 amide bonds. The molecule has 0 aliphatic carbocycles. The molecule has 88 valence electrons. The number of nitrogens with zero attached hydrogens (tertiary/aromatic N) is 2. The number of halogens is 1. The van der Waals surface area contributed by atoms with E-state index in [0.717, 1.165) is 0 Å². The number of benzene rings is 1. The van der Waals surface area contributed by atoms with Gasteiger partial charge in [-0.15, -0.1) is 0 Å². The predicted molar refractivity (Wildman–Crippen MR) is 67.8 cm³/mol.